The number of aryl methyl sites for hydroxylation is 1. The van der Waals surface area contributed by atoms with E-state index >= 15 is 0 Å². The molecule has 0 bridgehead atoms. The normalized spacial score (nSPS) is 12.8. The van der Waals surface area contributed by atoms with Crippen molar-refractivity contribution in [2.24, 2.45) is 0 Å². The zero-order valence-corrected chi connectivity index (χ0v) is 29.0. The Morgan fingerprint density at radius 2 is 1.47 bits per heavy atom. The topological polar surface area (TPSA) is 33.5 Å². The van der Waals surface area contributed by atoms with Gasteiger partial charge in [-0.25, -0.2) is 4.98 Å². The number of para-hydroxylation sites is 3. The van der Waals surface area contributed by atoms with Gasteiger partial charge in [-0.15, -0.1) is 35.7 Å². The number of benzene rings is 5. The minimum Gasteiger partial charge on any atom is -0.509 e. The van der Waals surface area contributed by atoms with Gasteiger partial charge in [-0.05, 0) is 80.1 Å². The standard InChI is InChI=1S/C41H34N4O.Pt/c1-28-12-5-6-15-33(28)29-22-23-42-40(24-29)45-36-17-8-7-16-34(36)35-21-20-32(26-39(35)45)46-31-14-11-13-30(25-31)43-27-44(41(2,3)4)38-19-10-9-18-37(38)43;/h5-24H,27H2,1-4H3;/q-2;+2. The van der Waals surface area contributed by atoms with Crippen LogP contribution < -0.4 is 14.5 Å². The Morgan fingerprint density at radius 1 is 0.723 bits per heavy atom. The predicted molar refractivity (Wildman–Crippen MR) is 189 cm³/mol. The fourth-order valence-corrected chi connectivity index (χ4v) is 6.54. The summed E-state index contributed by atoms with van der Waals surface area (Å²) >= 11 is 0. The zero-order valence-electron chi connectivity index (χ0n) is 26.8. The molecule has 5 nitrogen and oxygen atoms in total. The van der Waals surface area contributed by atoms with Gasteiger partial charge in [0.1, 0.15) is 5.82 Å². The molecule has 0 saturated heterocycles. The van der Waals surface area contributed by atoms with Crippen molar-refractivity contribution in [2.75, 3.05) is 16.5 Å². The van der Waals surface area contributed by atoms with Crippen molar-refractivity contribution in [3.05, 3.63) is 139 Å². The Hall–Kier alpha value is -4.86. The van der Waals surface area contributed by atoms with E-state index in [0.717, 1.165) is 45.5 Å². The summed E-state index contributed by atoms with van der Waals surface area (Å²) in [5.74, 6) is 2.10. The number of pyridine rings is 1. The molecule has 0 unspecified atom stereocenters. The van der Waals surface area contributed by atoms with Gasteiger partial charge in [0.2, 0.25) is 0 Å². The molecule has 0 atom stereocenters. The van der Waals surface area contributed by atoms with E-state index in [2.05, 4.69) is 151 Å². The first kappa shape index (κ1) is 30.8. The van der Waals surface area contributed by atoms with Crippen molar-refractivity contribution in [1.29, 1.82) is 0 Å². The fourth-order valence-electron chi connectivity index (χ4n) is 6.54. The van der Waals surface area contributed by atoms with Crippen LogP contribution in [0.4, 0.5) is 17.1 Å². The Balaban J connectivity index is 0.00000351. The number of aromatic nitrogens is 2. The van der Waals surface area contributed by atoms with E-state index in [1.54, 1.807) is 0 Å². The van der Waals surface area contributed by atoms with Crippen LogP contribution in [-0.4, -0.2) is 21.8 Å². The van der Waals surface area contributed by atoms with Gasteiger partial charge in [0.15, 0.2) is 0 Å². The number of anilines is 3. The quantitative estimate of drug-likeness (QED) is 0.163. The largest absolute Gasteiger partial charge is 2.00 e. The summed E-state index contributed by atoms with van der Waals surface area (Å²) in [4.78, 5) is 9.55. The first-order chi connectivity index (χ1) is 22.3. The molecule has 234 valence electrons. The number of nitrogens with zero attached hydrogens (tertiary/aromatic N) is 4. The molecule has 6 heteroatoms. The molecular formula is C41H34N4OPt. The van der Waals surface area contributed by atoms with Gasteiger partial charge in [0, 0.05) is 28.8 Å². The molecule has 1 aliphatic heterocycles. The van der Waals surface area contributed by atoms with E-state index in [-0.39, 0.29) is 26.6 Å². The average molecular weight is 794 g/mol. The monoisotopic (exact) mass is 793 g/mol. The van der Waals surface area contributed by atoms with Crippen LogP contribution in [0.1, 0.15) is 26.3 Å². The van der Waals surface area contributed by atoms with Crippen molar-refractivity contribution >= 4 is 38.9 Å². The molecule has 2 aromatic heterocycles. The Labute approximate surface area is 290 Å². The SMILES string of the molecule is Cc1ccccc1-c1ccnc(-n2c3[c-]c(Oc4[c-]c(N5CN(C(C)(C)C)c6ccccc65)ccc4)ccc3c3ccccc32)c1.[Pt+2]. The first-order valence-corrected chi connectivity index (χ1v) is 15.7. The van der Waals surface area contributed by atoms with E-state index in [4.69, 9.17) is 9.72 Å². The maximum Gasteiger partial charge on any atom is 2.00 e. The van der Waals surface area contributed by atoms with E-state index < -0.39 is 0 Å². The van der Waals surface area contributed by atoms with Crippen LogP contribution in [-0.2, 0) is 21.1 Å². The van der Waals surface area contributed by atoms with Crippen LogP contribution in [0.2, 0.25) is 0 Å². The van der Waals surface area contributed by atoms with Crippen molar-refractivity contribution < 1.29 is 25.8 Å². The summed E-state index contributed by atoms with van der Waals surface area (Å²) in [7, 11) is 0. The molecule has 0 fully saturated rings. The first-order valence-electron chi connectivity index (χ1n) is 15.7. The second-order valence-corrected chi connectivity index (χ2v) is 12.8. The van der Waals surface area contributed by atoms with Gasteiger partial charge in [-0.1, -0.05) is 65.8 Å². The van der Waals surface area contributed by atoms with Gasteiger partial charge >= 0.3 is 21.1 Å². The van der Waals surface area contributed by atoms with Gasteiger partial charge in [-0.3, -0.25) is 0 Å². The Morgan fingerprint density at radius 3 is 2.30 bits per heavy atom. The Kier molecular flexibility index (Phi) is 7.90. The van der Waals surface area contributed by atoms with Gasteiger partial charge < -0.3 is 19.1 Å². The maximum absolute atomic E-state index is 6.48. The minimum atomic E-state index is -0.0178. The number of ether oxygens (including phenoxy) is 1. The molecule has 47 heavy (non-hydrogen) atoms. The Bertz CT molecular complexity index is 2250. The van der Waals surface area contributed by atoms with E-state index in [1.807, 2.05) is 24.4 Å². The van der Waals surface area contributed by atoms with Crippen LogP contribution in [0.5, 0.6) is 11.5 Å². The second-order valence-electron chi connectivity index (χ2n) is 12.8. The van der Waals surface area contributed by atoms with E-state index in [0.29, 0.717) is 11.5 Å². The summed E-state index contributed by atoms with van der Waals surface area (Å²) in [6.45, 7) is 9.63. The van der Waals surface area contributed by atoms with Crippen molar-refractivity contribution in [3.8, 4) is 28.4 Å². The third-order valence-electron chi connectivity index (χ3n) is 8.81. The molecule has 7 aromatic rings. The molecule has 0 N–H and O–H groups in total. The predicted octanol–water partition coefficient (Wildman–Crippen LogP) is 10.3. The molecule has 1 aliphatic rings. The van der Waals surface area contributed by atoms with Crippen molar-refractivity contribution in [2.45, 2.75) is 33.2 Å². The fraction of sp³-hybridized carbons (Fsp3) is 0.146. The number of hydrogen-bond acceptors (Lipinski definition) is 4. The molecule has 3 heterocycles. The zero-order chi connectivity index (χ0) is 31.4. The van der Waals surface area contributed by atoms with E-state index in [9.17, 15) is 0 Å². The minimum absolute atomic E-state index is 0. The summed E-state index contributed by atoms with van der Waals surface area (Å²) in [6, 6.07) is 47.0. The second kappa shape index (κ2) is 12.1. The van der Waals surface area contributed by atoms with Crippen LogP contribution in [0.15, 0.2) is 121 Å². The van der Waals surface area contributed by atoms with Crippen LogP contribution in [0.3, 0.4) is 0 Å². The van der Waals surface area contributed by atoms with Crippen LogP contribution >= 0.6 is 0 Å². The van der Waals surface area contributed by atoms with Gasteiger partial charge in [0.05, 0.1) is 18.0 Å². The van der Waals surface area contributed by atoms with E-state index in [1.165, 1.54) is 22.5 Å². The number of fused-ring (bicyclic) bond motifs is 4. The number of hydrogen-bond donors (Lipinski definition) is 0. The smallest absolute Gasteiger partial charge is 0.509 e. The van der Waals surface area contributed by atoms with Crippen LogP contribution in [0.25, 0.3) is 38.8 Å². The third-order valence-corrected chi connectivity index (χ3v) is 8.81. The molecule has 8 rings (SSSR count). The van der Waals surface area contributed by atoms with Crippen molar-refractivity contribution in [3.63, 3.8) is 0 Å². The summed E-state index contributed by atoms with van der Waals surface area (Å²) in [5.41, 5.74) is 8.88. The summed E-state index contributed by atoms with van der Waals surface area (Å²) in [6.07, 6.45) is 1.88. The van der Waals surface area contributed by atoms with Gasteiger partial charge in [0.25, 0.3) is 0 Å². The average Bonchev–Trinajstić information content (AvgIpc) is 3.62. The maximum atomic E-state index is 6.48. The molecule has 5 aromatic carbocycles. The van der Waals surface area contributed by atoms with Crippen molar-refractivity contribution in [1.82, 2.24) is 9.55 Å². The molecule has 0 spiro atoms. The van der Waals surface area contributed by atoms with Gasteiger partial charge in [-0.2, -0.15) is 12.1 Å². The third kappa shape index (κ3) is 5.49. The molecule has 0 amide bonds. The molecule has 0 saturated carbocycles. The number of rotatable bonds is 5. The molecular weight excluding hydrogens is 760 g/mol. The summed E-state index contributed by atoms with van der Waals surface area (Å²) < 4.78 is 8.66. The van der Waals surface area contributed by atoms with Crippen LogP contribution in [0, 0.1) is 19.1 Å². The molecule has 0 aliphatic carbocycles. The molecule has 0 radical (unpaired) electrons. The summed E-state index contributed by atoms with van der Waals surface area (Å²) in [5, 5.41) is 2.24.